The minimum atomic E-state index is 0.613. The number of rotatable bonds is 6. The summed E-state index contributed by atoms with van der Waals surface area (Å²) < 4.78 is 5.50. The van der Waals surface area contributed by atoms with Crippen molar-refractivity contribution in [1.82, 2.24) is 10.2 Å². The molecular weight excluding hydrogens is 260 g/mol. The Morgan fingerprint density at radius 1 is 1.33 bits per heavy atom. The lowest BCUT2D eigenvalue weighted by molar-refractivity contribution is 0.110. The van der Waals surface area contributed by atoms with Gasteiger partial charge in [0.1, 0.15) is 5.75 Å². The summed E-state index contributed by atoms with van der Waals surface area (Å²) in [6.07, 6.45) is 2.44. The molecule has 1 aromatic carbocycles. The summed E-state index contributed by atoms with van der Waals surface area (Å²) in [6.45, 7) is 10.1. The van der Waals surface area contributed by atoms with Gasteiger partial charge < -0.3 is 10.1 Å². The van der Waals surface area contributed by atoms with Gasteiger partial charge in [-0.15, -0.1) is 0 Å². The van der Waals surface area contributed by atoms with Crippen LogP contribution in [0.25, 0.3) is 0 Å². The molecule has 1 saturated heterocycles. The van der Waals surface area contributed by atoms with E-state index >= 15 is 0 Å². The highest BCUT2D eigenvalue weighted by atomic mass is 16.5. The fourth-order valence-corrected chi connectivity index (χ4v) is 3.30. The fraction of sp³-hybridized carbons (Fsp3) is 0.667. The molecule has 0 radical (unpaired) electrons. The summed E-state index contributed by atoms with van der Waals surface area (Å²) in [5, 5.41) is 3.72. The third-order valence-electron chi connectivity index (χ3n) is 4.41. The highest BCUT2D eigenvalue weighted by Crippen LogP contribution is 2.23. The zero-order valence-electron chi connectivity index (χ0n) is 13.9. The summed E-state index contributed by atoms with van der Waals surface area (Å²) in [5.41, 5.74) is 1.30. The Balaban J connectivity index is 2.06. The zero-order chi connectivity index (χ0) is 15.2. The van der Waals surface area contributed by atoms with Crippen LogP contribution in [0.1, 0.15) is 39.2 Å². The van der Waals surface area contributed by atoms with E-state index in [1.165, 1.54) is 18.4 Å². The lowest BCUT2D eigenvalue weighted by atomic mass is 9.98. The fourth-order valence-electron chi connectivity index (χ4n) is 3.30. The molecule has 1 heterocycles. The molecule has 0 amide bonds. The molecular formula is C18H30N2O. The molecule has 21 heavy (non-hydrogen) atoms. The molecule has 1 aromatic rings. The molecule has 0 aliphatic carbocycles. The first kappa shape index (κ1) is 16.3. The predicted molar refractivity (Wildman–Crippen MR) is 88.7 cm³/mol. The molecule has 1 fully saturated rings. The van der Waals surface area contributed by atoms with Crippen LogP contribution in [0.4, 0.5) is 0 Å². The van der Waals surface area contributed by atoms with E-state index in [1.807, 2.05) is 6.07 Å². The molecule has 1 aliphatic heterocycles. The second kappa shape index (κ2) is 7.81. The minimum absolute atomic E-state index is 0.613. The van der Waals surface area contributed by atoms with Crippen molar-refractivity contribution in [3.8, 4) is 5.75 Å². The van der Waals surface area contributed by atoms with Crippen LogP contribution in [0.15, 0.2) is 24.3 Å². The van der Waals surface area contributed by atoms with Crippen LogP contribution in [0.5, 0.6) is 5.75 Å². The van der Waals surface area contributed by atoms with Crippen LogP contribution in [0.3, 0.4) is 0 Å². The first-order chi connectivity index (χ1) is 10.1. The van der Waals surface area contributed by atoms with Gasteiger partial charge in [-0.3, -0.25) is 4.90 Å². The van der Waals surface area contributed by atoms with Crippen molar-refractivity contribution in [2.75, 3.05) is 20.2 Å². The maximum Gasteiger partial charge on any atom is 0.123 e. The number of hydrogen-bond donors (Lipinski definition) is 1. The third-order valence-corrected chi connectivity index (χ3v) is 4.41. The van der Waals surface area contributed by atoms with Crippen molar-refractivity contribution in [2.45, 2.75) is 52.2 Å². The smallest absolute Gasteiger partial charge is 0.123 e. The lowest BCUT2D eigenvalue weighted by Gasteiger charge is -2.41. The SMILES string of the molecule is CCC1CNC(CC(C)C)CN1Cc1ccccc1OC. The van der Waals surface area contributed by atoms with Crippen LogP contribution in [0.2, 0.25) is 0 Å². The lowest BCUT2D eigenvalue weighted by Crippen LogP contribution is -2.56. The Morgan fingerprint density at radius 2 is 2.10 bits per heavy atom. The van der Waals surface area contributed by atoms with Crippen LogP contribution in [0, 0.1) is 5.92 Å². The molecule has 0 bridgehead atoms. The Labute approximate surface area is 129 Å². The maximum atomic E-state index is 5.50. The van der Waals surface area contributed by atoms with Gasteiger partial charge in [0.25, 0.3) is 0 Å². The van der Waals surface area contributed by atoms with Gasteiger partial charge in [0.2, 0.25) is 0 Å². The maximum absolute atomic E-state index is 5.50. The van der Waals surface area contributed by atoms with Crippen molar-refractivity contribution in [2.24, 2.45) is 5.92 Å². The van der Waals surface area contributed by atoms with Gasteiger partial charge in [-0.2, -0.15) is 0 Å². The second-order valence-corrected chi connectivity index (χ2v) is 6.54. The van der Waals surface area contributed by atoms with E-state index in [-0.39, 0.29) is 0 Å². The number of piperazine rings is 1. The van der Waals surface area contributed by atoms with Gasteiger partial charge in [0.15, 0.2) is 0 Å². The number of ether oxygens (including phenoxy) is 1. The van der Waals surface area contributed by atoms with Crippen molar-refractivity contribution in [3.63, 3.8) is 0 Å². The van der Waals surface area contributed by atoms with Crippen LogP contribution < -0.4 is 10.1 Å². The van der Waals surface area contributed by atoms with Gasteiger partial charge >= 0.3 is 0 Å². The molecule has 2 rings (SSSR count). The largest absolute Gasteiger partial charge is 0.496 e. The first-order valence-electron chi connectivity index (χ1n) is 8.23. The zero-order valence-corrected chi connectivity index (χ0v) is 13.9. The first-order valence-corrected chi connectivity index (χ1v) is 8.23. The van der Waals surface area contributed by atoms with Crippen molar-refractivity contribution in [3.05, 3.63) is 29.8 Å². The molecule has 3 nitrogen and oxygen atoms in total. The Hall–Kier alpha value is -1.06. The molecule has 2 atom stereocenters. The molecule has 1 N–H and O–H groups in total. The molecule has 0 saturated carbocycles. The van der Waals surface area contributed by atoms with Crippen molar-refractivity contribution < 1.29 is 4.74 Å². The molecule has 2 unspecified atom stereocenters. The Bertz CT molecular complexity index is 433. The van der Waals surface area contributed by atoms with E-state index < -0.39 is 0 Å². The summed E-state index contributed by atoms with van der Waals surface area (Å²) in [6, 6.07) is 9.63. The standard InChI is InChI=1S/C18H30N2O/c1-5-17-11-19-16(10-14(2)3)13-20(17)12-15-8-6-7-9-18(15)21-4/h6-9,14,16-17,19H,5,10-13H2,1-4H3. The molecule has 118 valence electrons. The molecule has 0 aromatic heterocycles. The van der Waals surface area contributed by atoms with Crippen molar-refractivity contribution >= 4 is 0 Å². The van der Waals surface area contributed by atoms with Crippen LogP contribution in [-0.2, 0) is 6.54 Å². The normalized spacial score (nSPS) is 23.5. The molecule has 0 spiro atoms. The Morgan fingerprint density at radius 3 is 2.76 bits per heavy atom. The Kier molecular flexibility index (Phi) is 6.07. The van der Waals surface area contributed by atoms with Gasteiger partial charge in [-0.25, -0.2) is 0 Å². The van der Waals surface area contributed by atoms with Gasteiger partial charge in [-0.05, 0) is 24.8 Å². The highest BCUT2D eigenvalue weighted by molar-refractivity contribution is 5.33. The number of methoxy groups -OCH3 is 1. The number of nitrogens with one attached hydrogen (secondary N) is 1. The molecule has 3 heteroatoms. The second-order valence-electron chi connectivity index (χ2n) is 6.54. The summed E-state index contributed by atoms with van der Waals surface area (Å²) in [7, 11) is 1.76. The number of para-hydroxylation sites is 1. The average Bonchev–Trinajstić information content (AvgIpc) is 2.47. The highest BCUT2D eigenvalue weighted by Gasteiger charge is 2.27. The average molecular weight is 290 g/mol. The molecule has 1 aliphatic rings. The van der Waals surface area contributed by atoms with E-state index in [1.54, 1.807) is 7.11 Å². The predicted octanol–water partition coefficient (Wildman–Crippen LogP) is 3.29. The van der Waals surface area contributed by atoms with E-state index in [0.29, 0.717) is 12.1 Å². The van der Waals surface area contributed by atoms with E-state index in [0.717, 1.165) is 31.3 Å². The number of benzene rings is 1. The van der Waals surface area contributed by atoms with Crippen LogP contribution >= 0.6 is 0 Å². The van der Waals surface area contributed by atoms with E-state index in [2.05, 4.69) is 49.2 Å². The topological polar surface area (TPSA) is 24.5 Å². The third kappa shape index (κ3) is 4.45. The number of hydrogen-bond acceptors (Lipinski definition) is 3. The quantitative estimate of drug-likeness (QED) is 0.870. The minimum Gasteiger partial charge on any atom is -0.496 e. The summed E-state index contributed by atoms with van der Waals surface area (Å²) in [5.74, 6) is 1.75. The number of nitrogens with zero attached hydrogens (tertiary/aromatic N) is 1. The van der Waals surface area contributed by atoms with Gasteiger partial charge in [0, 0.05) is 37.3 Å². The van der Waals surface area contributed by atoms with Gasteiger partial charge in [-0.1, -0.05) is 39.0 Å². The van der Waals surface area contributed by atoms with E-state index in [9.17, 15) is 0 Å². The van der Waals surface area contributed by atoms with E-state index in [4.69, 9.17) is 4.74 Å². The van der Waals surface area contributed by atoms with Gasteiger partial charge in [0.05, 0.1) is 7.11 Å². The summed E-state index contributed by atoms with van der Waals surface area (Å²) >= 11 is 0. The van der Waals surface area contributed by atoms with Crippen molar-refractivity contribution in [1.29, 1.82) is 0 Å². The van der Waals surface area contributed by atoms with Crippen LogP contribution in [-0.4, -0.2) is 37.2 Å². The summed E-state index contributed by atoms with van der Waals surface area (Å²) in [4.78, 5) is 2.63. The monoisotopic (exact) mass is 290 g/mol.